The maximum atomic E-state index is 6.37. The number of aromatic nitrogens is 2. The molecule has 1 aromatic heterocycles. The summed E-state index contributed by atoms with van der Waals surface area (Å²) < 4.78 is 11.4. The van der Waals surface area contributed by atoms with Crippen LogP contribution in [0.4, 0.5) is 0 Å². The van der Waals surface area contributed by atoms with Crippen LogP contribution in [-0.4, -0.2) is 23.2 Å². The Hall–Kier alpha value is -2.30. The summed E-state index contributed by atoms with van der Waals surface area (Å²) in [6.45, 7) is 5.57. The van der Waals surface area contributed by atoms with E-state index in [1.807, 2.05) is 36.4 Å². The molecule has 0 aliphatic carbocycles. The topological polar surface area (TPSA) is 44.2 Å². The Kier molecular flexibility index (Phi) is 8.35. The van der Waals surface area contributed by atoms with Crippen molar-refractivity contribution in [2.75, 3.05) is 13.2 Å². The lowest BCUT2D eigenvalue weighted by atomic mass is 10.1. The Morgan fingerprint density at radius 3 is 1.70 bits per heavy atom. The van der Waals surface area contributed by atoms with Gasteiger partial charge in [-0.05, 0) is 48.7 Å². The van der Waals surface area contributed by atoms with E-state index in [4.69, 9.17) is 32.7 Å². The van der Waals surface area contributed by atoms with E-state index in [2.05, 4.69) is 23.8 Å². The smallest absolute Gasteiger partial charge is 0.159 e. The molecule has 0 unspecified atom stereocenters. The monoisotopic (exact) mass is 444 g/mol. The molecule has 4 nitrogen and oxygen atoms in total. The molecule has 0 N–H and O–H groups in total. The van der Waals surface area contributed by atoms with Gasteiger partial charge in [-0.25, -0.2) is 9.97 Å². The third-order valence-corrected chi connectivity index (χ3v) is 5.21. The summed E-state index contributed by atoms with van der Waals surface area (Å²) in [6, 6.07) is 11.3. The van der Waals surface area contributed by atoms with Gasteiger partial charge in [-0.1, -0.05) is 56.0 Å². The highest BCUT2D eigenvalue weighted by atomic mass is 35.5. The zero-order valence-electron chi connectivity index (χ0n) is 17.3. The Morgan fingerprint density at radius 2 is 1.20 bits per heavy atom. The first kappa shape index (κ1) is 22.4. The van der Waals surface area contributed by atoms with E-state index in [0.29, 0.717) is 40.6 Å². The molecular formula is C24H26Cl2N2O2. The fraction of sp³-hybridized carbons (Fsp3) is 0.333. The van der Waals surface area contributed by atoms with Crippen LogP contribution in [0.3, 0.4) is 0 Å². The molecule has 3 aromatic rings. The molecule has 0 bridgehead atoms. The Balaban J connectivity index is 1.72. The summed E-state index contributed by atoms with van der Waals surface area (Å²) >= 11 is 12.7. The second kappa shape index (κ2) is 11.2. The average Bonchev–Trinajstić information content (AvgIpc) is 2.76. The van der Waals surface area contributed by atoms with Crippen molar-refractivity contribution in [1.29, 1.82) is 0 Å². The van der Waals surface area contributed by atoms with Crippen LogP contribution < -0.4 is 9.47 Å². The van der Waals surface area contributed by atoms with Crippen LogP contribution in [0.25, 0.3) is 22.5 Å². The van der Waals surface area contributed by atoms with Crippen molar-refractivity contribution in [1.82, 2.24) is 9.97 Å². The lowest BCUT2D eigenvalue weighted by Gasteiger charge is -2.10. The standard InChI is InChI=1S/C24H26Cl2N2O2/c1-3-5-11-29-22-9-7-17(13-20(22)25)19-15-27-24(28-16-19)18-8-10-23(21(26)14-18)30-12-6-4-2/h7-10,13-16H,3-6,11-12H2,1-2H3. The molecule has 0 saturated carbocycles. The summed E-state index contributed by atoms with van der Waals surface area (Å²) in [5.74, 6) is 1.98. The number of nitrogens with zero attached hydrogens (tertiary/aromatic N) is 2. The molecule has 158 valence electrons. The van der Waals surface area contributed by atoms with E-state index in [9.17, 15) is 0 Å². The van der Waals surface area contributed by atoms with E-state index < -0.39 is 0 Å². The number of unbranched alkanes of at least 4 members (excludes halogenated alkanes) is 2. The van der Waals surface area contributed by atoms with Gasteiger partial charge >= 0.3 is 0 Å². The van der Waals surface area contributed by atoms with Gasteiger partial charge in [0.15, 0.2) is 5.82 Å². The molecule has 1 heterocycles. The normalized spacial score (nSPS) is 10.8. The van der Waals surface area contributed by atoms with Crippen LogP contribution >= 0.6 is 23.2 Å². The second-order valence-corrected chi connectivity index (χ2v) is 7.80. The average molecular weight is 445 g/mol. The molecule has 0 amide bonds. The highest BCUT2D eigenvalue weighted by molar-refractivity contribution is 6.32. The molecule has 0 radical (unpaired) electrons. The SMILES string of the molecule is CCCCOc1ccc(-c2cnc(-c3ccc(OCCCC)c(Cl)c3)nc2)cc1Cl. The third-order valence-electron chi connectivity index (χ3n) is 4.62. The molecular weight excluding hydrogens is 419 g/mol. The molecule has 0 spiro atoms. The van der Waals surface area contributed by atoms with Crippen molar-refractivity contribution in [3.8, 4) is 34.0 Å². The second-order valence-electron chi connectivity index (χ2n) is 6.99. The molecule has 0 atom stereocenters. The molecule has 0 aliphatic heterocycles. The Morgan fingerprint density at radius 1 is 0.700 bits per heavy atom. The summed E-state index contributed by atoms with van der Waals surface area (Å²) in [4.78, 5) is 9.00. The van der Waals surface area contributed by atoms with Crippen LogP contribution in [0.15, 0.2) is 48.8 Å². The van der Waals surface area contributed by atoms with Gasteiger partial charge < -0.3 is 9.47 Å². The molecule has 0 saturated heterocycles. The maximum absolute atomic E-state index is 6.37. The molecule has 0 fully saturated rings. The summed E-state index contributed by atoms with van der Waals surface area (Å²) in [5, 5.41) is 1.14. The number of hydrogen-bond acceptors (Lipinski definition) is 4. The fourth-order valence-corrected chi connectivity index (χ4v) is 3.30. The third kappa shape index (κ3) is 5.87. The van der Waals surface area contributed by atoms with Crippen LogP contribution in [0.5, 0.6) is 11.5 Å². The Labute approximate surface area is 188 Å². The number of ether oxygens (including phenoxy) is 2. The first-order valence-electron chi connectivity index (χ1n) is 10.3. The quantitative estimate of drug-likeness (QED) is 0.304. The van der Waals surface area contributed by atoms with E-state index in [1.165, 1.54) is 0 Å². The minimum absolute atomic E-state index is 0.557. The van der Waals surface area contributed by atoms with Gasteiger partial charge in [-0.15, -0.1) is 0 Å². The van der Waals surface area contributed by atoms with Gasteiger partial charge in [-0.2, -0.15) is 0 Å². The molecule has 6 heteroatoms. The maximum Gasteiger partial charge on any atom is 0.159 e. The number of benzene rings is 2. The van der Waals surface area contributed by atoms with Gasteiger partial charge in [-0.3, -0.25) is 0 Å². The molecule has 2 aromatic carbocycles. The molecule has 0 aliphatic rings. The summed E-state index contributed by atoms with van der Waals surface area (Å²) in [5.41, 5.74) is 2.66. The van der Waals surface area contributed by atoms with Crippen molar-refractivity contribution in [2.45, 2.75) is 39.5 Å². The zero-order valence-corrected chi connectivity index (χ0v) is 18.8. The lowest BCUT2D eigenvalue weighted by molar-refractivity contribution is 0.309. The first-order chi connectivity index (χ1) is 14.6. The summed E-state index contributed by atoms with van der Waals surface area (Å²) in [6.07, 6.45) is 7.73. The van der Waals surface area contributed by atoms with Crippen molar-refractivity contribution in [3.63, 3.8) is 0 Å². The number of rotatable bonds is 10. The van der Waals surface area contributed by atoms with Crippen molar-refractivity contribution in [3.05, 3.63) is 58.8 Å². The lowest BCUT2D eigenvalue weighted by Crippen LogP contribution is -1.98. The van der Waals surface area contributed by atoms with E-state index in [0.717, 1.165) is 42.4 Å². The molecule has 3 rings (SSSR count). The predicted octanol–water partition coefficient (Wildman–Crippen LogP) is 7.48. The van der Waals surface area contributed by atoms with Gasteiger partial charge in [0, 0.05) is 23.5 Å². The van der Waals surface area contributed by atoms with Crippen LogP contribution in [0, 0.1) is 0 Å². The van der Waals surface area contributed by atoms with Crippen molar-refractivity contribution in [2.24, 2.45) is 0 Å². The van der Waals surface area contributed by atoms with Crippen molar-refractivity contribution < 1.29 is 9.47 Å². The van der Waals surface area contributed by atoms with Crippen LogP contribution in [0.1, 0.15) is 39.5 Å². The largest absolute Gasteiger partial charge is 0.492 e. The number of hydrogen-bond donors (Lipinski definition) is 0. The zero-order chi connectivity index (χ0) is 21.3. The van der Waals surface area contributed by atoms with Crippen molar-refractivity contribution >= 4 is 23.2 Å². The minimum atomic E-state index is 0.557. The van der Waals surface area contributed by atoms with Crippen LogP contribution in [0.2, 0.25) is 10.0 Å². The van der Waals surface area contributed by atoms with Gasteiger partial charge in [0.1, 0.15) is 11.5 Å². The van der Waals surface area contributed by atoms with Crippen LogP contribution in [-0.2, 0) is 0 Å². The minimum Gasteiger partial charge on any atom is -0.492 e. The fourth-order valence-electron chi connectivity index (χ4n) is 2.83. The molecule has 30 heavy (non-hydrogen) atoms. The van der Waals surface area contributed by atoms with Gasteiger partial charge in [0.25, 0.3) is 0 Å². The highest BCUT2D eigenvalue weighted by Crippen LogP contribution is 2.32. The van der Waals surface area contributed by atoms with Gasteiger partial charge in [0.2, 0.25) is 0 Å². The highest BCUT2D eigenvalue weighted by Gasteiger charge is 2.09. The first-order valence-corrected chi connectivity index (χ1v) is 11.1. The Bertz CT molecular complexity index is 883. The van der Waals surface area contributed by atoms with E-state index in [1.54, 1.807) is 12.4 Å². The number of halogens is 2. The summed E-state index contributed by atoms with van der Waals surface area (Å²) in [7, 11) is 0. The van der Waals surface area contributed by atoms with Gasteiger partial charge in [0.05, 0.1) is 23.3 Å². The van der Waals surface area contributed by atoms with E-state index in [-0.39, 0.29) is 0 Å². The van der Waals surface area contributed by atoms with E-state index >= 15 is 0 Å². The predicted molar refractivity (Wildman–Crippen MR) is 124 cm³/mol.